The Labute approximate surface area is 121 Å². The molecule has 0 atom stereocenters. The van der Waals surface area contributed by atoms with E-state index in [1.165, 1.54) is 11.0 Å². The Morgan fingerprint density at radius 3 is 2.37 bits per heavy atom. The van der Waals surface area contributed by atoms with Crippen LogP contribution in [0.4, 0.5) is 5.69 Å². The fraction of sp³-hybridized carbons (Fsp3) is 0.417. The van der Waals surface area contributed by atoms with Crippen LogP contribution in [0.3, 0.4) is 0 Å². The summed E-state index contributed by atoms with van der Waals surface area (Å²) in [7, 11) is 0. The van der Waals surface area contributed by atoms with Gasteiger partial charge in [0.05, 0.1) is 4.92 Å². The Hall–Kier alpha value is -1.33. The maximum atomic E-state index is 12.2. The van der Waals surface area contributed by atoms with E-state index in [-0.39, 0.29) is 28.9 Å². The van der Waals surface area contributed by atoms with E-state index in [4.69, 9.17) is 23.2 Å². The fourth-order valence-electron chi connectivity index (χ4n) is 1.64. The minimum atomic E-state index is -0.500. The zero-order chi connectivity index (χ0) is 14.4. The molecule has 0 heterocycles. The van der Waals surface area contributed by atoms with Crippen molar-refractivity contribution in [3.05, 3.63) is 39.4 Å². The van der Waals surface area contributed by atoms with Crippen molar-refractivity contribution in [2.75, 3.05) is 24.8 Å². The van der Waals surface area contributed by atoms with Gasteiger partial charge < -0.3 is 4.90 Å². The number of benzene rings is 1. The van der Waals surface area contributed by atoms with E-state index in [2.05, 4.69) is 0 Å². The molecule has 0 aliphatic carbocycles. The molecule has 0 aliphatic heterocycles. The van der Waals surface area contributed by atoms with E-state index in [9.17, 15) is 14.9 Å². The van der Waals surface area contributed by atoms with Gasteiger partial charge in [0.2, 0.25) is 0 Å². The topological polar surface area (TPSA) is 63.5 Å². The molecular formula is C12H14Cl2N2O3. The largest absolute Gasteiger partial charge is 0.336 e. The molecule has 0 spiro atoms. The van der Waals surface area contributed by atoms with Crippen molar-refractivity contribution in [3.8, 4) is 0 Å². The van der Waals surface area contributed by atoms with Gasteiger partial charge in [-0.3, -0.25) is 14.9 Å². The number of aryl methyl sites for hydroxylation is 1. The van der Waals surface area contributed by atoms with Gasteiger partial charge in [0.15, 0.2) is 0 Å². The first-order chi connectivity index (χ1) is 9.01. The molecule has 1 rings (SSSR count). The van der Waals surface area contributed by atoms with Crippen LogP contribution in [0.2, 0.25) is 0 Å². The lowest BCUT2D eigenvalue weighted by atomic mass is 10.1. The number of nitro groups is 1. The van der Waals surface area contributed by atoms with Crippen LogP contribution in [-0.2, 0) is 0 Å². The second-order valence-electron chi connectivity index (χ2n) is 3.93. The van der Waals surface area contributed by atoms with Crippen molar-refractivity contribution in [1.82, 2.24) is 4.90 Å². The van der Waals surface area contributed by atoms with Crippen molar-refractivity contribution >= 4 is 34.8 Å². The summed E-state index contributed by atoms with van der Waals surface area (Å²) >= 11 is 11.3. The molecule has 0 saturated heterocycles. The molecule has 0 aromatic heterocycles. The first kappa shape index (κ1) is 15.7. The number of nitro benzene ring substituents is 1. The third kappa shape index (κ3) is 4.08. The van der Waals surface area contributed by atoms with Crippen LogP contribution >= 0.6 is 23.2 Å². The molecule has 1 amide bonds. The fourth-order valence-corrected chi connectivity index (χ4v) is 2.05. The first-order valence-electron chi connectivity index (χ1n) is 5.67. The van der Waals surface area contributed by atoms with Crippen LogP contribution in [-0.4, -0.2) is 40.6 Å². The van der Waals surface area contributed by atoms with Crippen LogP contribution in [0, 0.1) is 17.0 Å². The van der Waals surface area contributed by atoms with Gasteiger partial charge in [-0.25, -0.2) is 0 Å². The zero-order valence-corrected chi connectivity index (χ0v) is 11.9. The average Bonchev–Trinajstić information content (AvgIpc) is 2.38. The van der Waals surface area contributed by atoms with Gasteiger partial charge in [0, 0.05) is 42.0 Å². The molecule has 0 radical (unpaired) electrons. The van der Waals surface area contributed by atoms with Gasteiger partial charge >= 0.3 is 0 Å². The highest BCUT2D eigenvalue weighted by atomic mass is 35.5. The number of hydrogen-bond acceptors (Lipinski definition) is 3. The van der Waals surface area contributed by atoms with Crippen molar-refractivity contribution in [3.63, 3.8) is 0 Å². The zero-order valence-electron chi connectivity index (χ0n) is 10.4. The summed E-state index contributed by atoms with van der Waals surface area (Å²) in [5, 5.41) is 10.9. The number of carbonyl (C=O) groups is 1. The molecular weight excluding hydrogens is 291 g/mol. The summed E-state index contributed by atoms with van der Waals surface area (Å²) in [5.41, 5.74) is 0.720. The summed E-state index contributed by atoms with van der Waals surface area (Å²) in [5.74, 6) is 0.275. The highest BCUT2D eigenvalue weighted by molar-refractivity contribution is 6.18. The molecule has 0 saturated carbocycles. The Balaban J connectivity index is 3.04. The first-order valence-corrected chi connectivity index (χ1v) is 6.74. The lowest BCUT2D eigenvalue weighted by Gasteiger charge is -2.20. The molecule has 19 heavy (non-hydrogen) atoms. The average molecular weight is 305 g/mol. The van der Waals surface area contributed by atoms with Gasteiger partial charge in [-0.05, 0) is 13.0 Å². The van der Waals surface area contributed by atoms with Crippen LogP contribution in [0.1, 0.15) is 15.9 Å². The Bertz CT molecular complexity index is 474. The summed E-state index contributed by atoms with van der Waals surface area (Å²) in [6.45, 7) is 2.34. The minimum Gasteiger partial charge on any atom is -0.336 e. The second-order valence-corrected chi connectivity index (χ2v) is 4.68. The van der Waals surface area contributed by atoms with E-state index >= 15 is 0 Å². The van der Waals surface area contributed by atoms with Crippen molar-refractivity contribution < 1.29 is 9.72 Å². The predicted octanol–water partition coefficient (Wildman–Crippen LogP) is 2.82. The van der Waals surface area contributed by atoms with Crippen molar-refractivity contribution in [2.45, 2.75) is 6.92 Å². The van der Waals surface area contributed by atoms with Gasteiger partial charge in [0.25, 0.3) is 11.6 Å². The summed E-state index contributed by atoms with van der Waals surface area (Å²) in [4.78, 5) is 24.0. The van der Waals surface area contributed by atoms with Gasteiger partial charge in [-0.2, -0.15) is 0 Å². The molecule has 0 N–H and O–H groups in total. The molecule has 0 bridgehead atoms. The Morgan fingerprint density at radius 1 is 1.32 bits per heavy atom. The van der Waals surface area contributed by atoms with E-state index in [0.29, 0.717) is 18.7 Å². The van der Waals surface area contributed by atoms with E-state index < -0.39 is 4.92 Å². The number of rotatable bonds is 6. The number of halogens is 2. The molecule has 104 valence electrons. The number of carbonyl (C=O) groups excluding carboxylic acids is 1. The van der Waals surface area contributed by atoms with Crippen molar-refractivity contribution in [1.29, 1.82) is 0 Å². The number of nitrogens with zero attached hydrogens (tertiary/aromatic N) is 2. The molecule has 1 aromatic carbocycles. The summed E-state index contributed by atoms with van der Waals surface area (Å²) < 4.78 is 0. The Kier molecular flexibility index (Phi) is 6.05. The van der Waals surface area contributed by atoms with E-state index in [1.54, 1.807) is 19.1 Å². The minimum absolute atomic E-state index is 0.0671. The normalized spacial score (nSPS) is 10.3. The summed E-state index contributed by atoms with van der Waals surface area (Å²) in [6.07, 6.45) is 0. The van der Waals surface area contributed by atoms with Gasteiger partial charge in [-0.1, -0.05) is 6.07 Å². The molecule has 0 aliphatic rings. The third-order valence-corrected chi connectivity index (χ3v) is 2.99. The van der Waals surface area contributed by atoms with Crippen LogP contribution < -0.4 is 0 Å². The highest BCUT2D eigenvalue weighted by Crippen LogP contribution is 2.20. The van der Waals surface area contributed by atoms with Crippen molar-refractivity contribution in [2.24, 2.45) is 0 Å². The van der Waals surface area contributed by atoms with Crippen LogP contribution in [0.15, 0.2) is 18.2 Å². The van der Waals surface area contributed by atoms with Gasteiger partial charge in [0.1, 0.15) is 0 Å². The molecule has 5 nitrogen and oxygen atoms in total. The third-order valence-electron chi connectivity index (χ3n) is 2.65. The maximum Gasteiger partial charge on any atom is 0.273 e. The predicted molar refractivity (Wildman–Crippen MR) is 75.2 cm³/mol. The maximum absolute atomic E-state index is 12.2. The lowest BCUT2D eigenvalue weighted by Crippen LogP contribution is -2.34. The lowest BCUT2D eigenvalue weighted by molar-refractivity contribution is -0.385. The number of hydrogen-bond donors (Lipinski definition) is 0. The number of amides is 1. The van der Waals surface area contributed by atoms with Gasteiger partial charge in [-0.15, -0.1) is 23.2 Å². The molecule has 0 fully saturated rings. The monoisotopic (exact) mass is 304 g/mol. The highest BCUT2D eigenvalue weighted by Gasteiger charge is 2.19. The van der Waals surface area contributed by atoms with Crippen LogP contribution in [0.5, 0.6) is 0 Å². The van der Waals surface area contributed by atoms with E-state index in [1.807, 2.05) is 0 Å². The molecule has 0 unspecified atom stereocenters. The Morgan fingerprint density at radius 2 is 1.89 bits per heavy atom. The smallest absolute Gasteiger partial charge is 0.273 e. The van der Waals surface area contributed by atoms with Crippen LogP contribution in [0.25, 0.3) is 0 Å². The van der Waals surface area contributed by atoms with E-state index in [0.717, 1.165) is 0 Å². The molecule has 7 heteroatoms. The SMILES string of the molecule is Cc1ccc(C(=O)N(CCCl)CCCl)cc1[N+](=O)[O-]. The number of alkyl halides is 2. The standard InChI is InChI=1S/C12H14Cl2N2O3/c1-9-2-3-10(8-11(9)16(18)19)12(17)15(6-4-13)7-5-14/h2-3,8H,4-7H2,1H3. The summed E-state index contributed by atoms with van der Waals surface area (Å²) in [6, 6.07) is 4.41. The molecule has 1 aromatic rings. The quantitative estimate of drug-likeness (QED) is 0.461. The second kappa shape index (κ2) is 7.31.